The van der Waals surface area contributed by atoms with Crippen LogP contribution < -0.4 is 11.1 Å². The summed E-state index contributed by atoms with van der Waals surface area (Å²) in [6, 6.07) is 8.42. The van der Waals surface area contributed by atoms with E-state index in [0.717, 1.165) is 6.54 Å². The topological polar surface area (TPSA) is 55.1 Å². The SMILES string of the molecule is Cc1cccc(C(C)(C)CNCC(N)=O)c1. The number of benzene rings is 1. The van der Waals surface area contributed by atoms with E-state index in [9.17, 15) is 4.79 Å². The van der Waals surface area contributed by atoms with Crippen molar-refractivity contribution in [3.05, 3.63) is 35.4 Å². The first kappa shape index (κ1) is 12.7. The molecule has 1 amide bonds. The van der Waals surface area contributed by atoms with Crippen LogP contribution in [0.1, 0.15) is 25.0 Å². The molecular weight excluding hydrogens is 200 g/mol. The molecule has 0 aliphatic heterocycles. The molecule has 0 unspecified atom stereocenters. The zero-order valence-corrected chi connectivity index (χ0v) is 10.2. The van der Waals surface area contributed by atoms with Crippen molar-refractivity contribution in [2.75, 3.05) is 13.1 Å². The molecule has 0 aliphatic rings. The number of primary amides is 1. The minimum atomic E-state index is -0.319. The summed E-state index contributed by atoms with van der Waals surface area (Å²) in [5.41, 5.74) is 7.60. The molecule has 3 heteroatoms. The maximum Gasteiger partial charge on any atom is 0.231 e. The fourth-order valence-electron chi connectivity index (χ4n) is 1.67. The summed E-state index contributed by atoms with van der Waals surface area (Å²) < 4.78 is 0. The fraction of sp³-hybridized carbons (Fsp3) is 0.462. The number of hydrogen-bond acceptors (Lipinski definition) is 2. The highest BCUT2D eigenvalue weighted by Gasteiger charge is 2.20. The Morgan fingerprint density at radius 1 is 1.44 bits per heavy atom. The predicted molar refractivity (Wildman–Crippen MR) is 66.3 cm³/mol. The molecule has 3 N–H and O–H groups in total. The number of amides is 1. The first-order valence-corrected chi connectivity index (χ1v) is 5.48. The lowest BCUT2D eigenvalue weighted by Gasteiger charge is -2.25. The summed E-state index contributed by atoms with van der Waals surface area (Å²) in [6.07, 6.45) is 0. The van der Waals surface area contributed by atoms with Gasteiger partial charge in [-0.05, 0) is 12.5 Å². The molecule has 0 radical (unpaired) electrons. The fourth-order valence-corrected chi connectivity index (χ4v) is 1.67. The van der Waals surface area contributed by atoms with Gasteiger partial charge in [-0.1, -0.05) is 43.7 Å². The van der Waals surface area contributed by atoms with Crippen LogP contribution in [0.4, 0.5) is 0 Å². The molecule has 1 aromatic rings. The smallest absolute Gasteiger partial charge is 0.231 e. The number of aryl methyl sites for hydroxylation is 1. The molecule has 88 valence electrons. The Kier molecular flexibility index (Phi) is 4.07. The minimum Gasteiger partial charge on any atom is -0.369 e. The van der Waals surface area contributed by atoms with Crippen molar-refractivity contribution < 1.29 is 4.79 Å². The molecule has 0 aliphatic carbocycles. The molecule has 0 aromatic heterocycles. The average molecular weight is 220 g/mol. The van der Waals surface area contributed by atoms with Gasteiger partial charge in [-0.25, -0.2) is 0 Å². The molecule has 1 aromatic carbocycles. The van der Waals surface area contributed by atoms with Crippen molar-refractivity contribution in [2.24, 2.45) is 5.73 Å². The van der Waals surface area contributed by atoms with Crippen molar-refractivity contribution in [3.63, 3.8) is 0 Å². The third-order valence-electron chi connectivity index (χ3n) is 2.67. The number of carbonyl (C=O) groups is 1. The summed E-state index contributed by atoms with van der Waals surface area (Å²) >= 11 is 0. The molecule has 0 saturated carbocycles. The highest BCUT2D eigenvalue weighted by atomic mass is 16.1. The number of hydrogen-bond donors (Lipinski definition) is 2. The van der Waals surface area contributed by atoms with Gasteiger partial charge in [0.1, 0.15) is 0 Å². The standard InChI is InChI=1S/C13H20N2O/c1-10-5-4-6-11(7-10)13(2,3)9-15-8-12(14)16/h4-7,15H,8-9H2,1-3H3,(H2,14,16). The zero-order valence-electron chi connectivity index (χ0n) is 10.2. The molecule has 0 saturated heterocycles. The van der Waals surface area contributed by atoms with E-state index >= 15 is 0 Å². The summed E-state index contributed by atoms with van der Waals surface area (Å²) in [4.78, 5) is 10.6. The molecule has 1 rings (SSSR count). The van der Waals surface area contributed by atoms with E-state index in [1.54, 1.807) is 0 Å². The van der Waals surface area contributed by atoms with Gasteiger partial charge in [0, 0.05) is 12.0 Å². The Hall–Kier alpha value is -1.35. The van der Waals surface area contributed by atoms with Gasteiger partial charge in [0.25, 0.3) is 0 Å². The number of carbonyl (C=O) groups excluding carboxylic acids is 1. The Morgan fingerprint density at radius 3 is 2.69 bits per heavy atom. The van der Waals surface area contributed by atoms with Crippen LogP contribution in [0.3, 0.4) is 0 Å². The lowest BCUT2D eigenvalue weighted by molar-refractivity contribution is -0.117. The minimum absolute atomic E-state index is 0.00146. The van der Waals surface area contributed by atoms with Crippen LogP contribution in [0, 0.1) is 6.92 Å². The van der Waals surface area contributed by atoms with Gasteiger partial charge in [-0.15, -0.1) is 0 Å². The van der Waals surface area contributed by atoms with Crippen LogP contribution in [-0.4, -0.2) is 19.0 Å². The lowest BCUT2D eigenvalue weighted by Crippen LogP contribution is -2.37. The predicted octanol–water partition coefficient (Wildman–Crippen LogP) is 1.35. The molecule has 0 bridgehead atoms. The quantitative estimate of drug-likeness (QED) is 0.787. The first-order chi connectivity index (χ1) is 7.42. The third kappa shape index (κ3) is 3.66. The van der Waals surface area contributed by atoms with Crippen molar-refractivity contribution in [2.45, 2.75) is 26.2 Å². The second-order valence-corrected chi connectivity index (χ2v) is 4.82. The van der Waals surface area contributed by atoms with Gasteiger partial charge in [-0.3, -0.25) is 4.79 Å². The van der Waals surface area contributed by atoms with Crippen molar-refractivity contribution in [1.82, 2.24) is 5.32 Å². The van der Waals surface area contributed by atoms with Crippen LogP contribution >= 0.6 is 0 Å². The van der Waals surface area contributed by atoms with Gasteiger partial charge in [0.05, 0.1) is 6.54 Å². The largest absolute Gasteiger partial charge is 0.369 e. The van der Waals surface area contributed by atoms with E-state index in [1.165, 1.54) is 11.1 Å². The van der Waals surface area contributed by atoms with Gasteiger partial charge >= 0.3 is 0 Å². The van der Waals surface area contributed by atoms with E-state index < -0.39 is 0 Å². The van der Waals surface area contributed by atoms with E-state index in [0.29, 0.717) is 0 Å². The van der Waals surface area contributed by atoms with Crippen LogP contribution in [0.5, 0.6) is 0 Å². The maximum atomic E-state index is 10.6. The van der Waals surface area contributed by atoms with Crippen molar-refractivity contribution >= 4 is 5.91 Å². The third-order valence-corrected chi connectivity index (χ3v) is 2.67. The number of nitrogens with one attached hydrogen (secondary N) is 1. The molecule has 0 atom stereocenters. The first-order valence-electron chi connectivity index (χ1n) is 5.48. The average Bonchev–Trinajstić information content (AvgIpc) is 2.16. The second-order valence-electron chi connectivity index (χ2n) is 4.82. The Labute approximate surface area is 97.0 Å². The van der Waals surface area contributed by atoms with E-state index in [2.05, 4.69) is 50.4 Å². The van der Waals surface area contributed by atoms with Gasteiger partial charge in [-0.2, -0.15) is 0 Å². The van der Waals surface area contributed by atoms with Gasteiger partial charge in [0.2, 0.25) is 5.91 Å². The van der Waals surface area contributed by atoms with E-state index in [1.807, 2.05) is 0 Å². The van der Waals surface area contributed by atoms with Crippen LogP contribution in [0.25, 0.3) is 0 Å². The Balaban J connectivity index is 2.66. The molecule has 0 fully saturated rings. The summed E-state index contributed by atoms with van der Waals surface area (Å²) in [7, 11) is 0. The molecule has 3 nitrogen and oxygen atoms in total. The second kappa shape index (κ2) is 5.12. The van der Waals surface area contributed by atoms with Crippen molar-refractivity contribution in [1.29, 1.82) is 0 Å². The van der Waals surface area contributed by atoms with Crippen LogP contribution in [-0.2, 0) is 10.2 Å². The molecule has 0 heterocycles. The number of rotatable bonds is 5. The lowest BCUT2D eigenvalue weighted by atomic mass is 9.84. The molecule has 0 spiro atoms. The zero-order chi connectivity index (χ0) is 12.2. The molecule has 16 heavy (non-hydrogen) atoms. The monoisotopic (exact) mass is 220 g/mol. The highest BCUT2D eigenvalue weighted by Crippen LogP contribution is 2.22. The number of nitrogens with two attached hydrogens (primary N) is 1. The van der Waals surface area contributed by atoms with E-state index in [-0.39, 0.29) is 17.9 Å². The normalized spacial score (nSPS) is 11.4. The van der Waals surface area contributed by atoms with E-state index in [4.69, 9.17) is 5.73 Å². The molecular formula is C13H20N2O. The van der Waals surface area contributed by atoms with Crippen LogP contribution in [0.2, 0.25) is 0 Å². The summed E-state index contributed by atoms with van der Waals surface area (Å²) in [5.74, 6) is -0.319. The summed E-state index contributed by atoms with van der Waals surface area (Å²) in [5, 5.41) is 3.07. The van der Waals surface area contributed by atoms with Gasteiger partial charge < -0.3 is 11.1 Å². The maximum absolute atomic E-state index is 10.6. The Bertz CT molecular complexity index is 372. The summed E-state index contributed by atoms with van der Waals surface area (Å²) in [6.45, 7) is 7.34. The van der Waals surface area contributed by atoms with Crippen molar-refractivity contribution in [3.8, 4) is 0 Å². The Morgan fingerprint density at radius 2 is 2.12 bits per heavy atom. The highest BCUT2D eigenvalue weighted by molar-refractivity contribution is 5.75. The van der Waals surface area contributed by atoms with Crippen LogP contribution in [0.15, 0.2) is 24.3 Å². The van der Waals surface area contributed by atoms with Gasteiger partial charge in [0.15, 0.2) is 0 Å².